The molecule has 1 aliphatic rings. The van der Waals surface area contributed by atoms with Gasteiger partial charge in [0, 0.05) is 13.0 Å². The molecule has 0 spiro atoms. The van der Waals surface area contributed by atoms with Crippen molar-refractivity contribution in [1.29, 1.82) is 0 Å². The van der Waals surface area contributed by atoms with Gasteiger partial charge in [-0.2, -0.15) is 0 Å². The van der Waals surface area contributed by atoms with Crippen LogP contribution in [0, 0.1) is 12.3 Å². The van der Waals surface area contributed by atoms with Crippen LogP contribution in [0.1, 0.15) is 19.3 Å². The second kappa shape index (κ2) is 5.63. The van der Waals surface area contributed by atoms with Crippen LogP contribution in [0.15, 0.2) is 0 Å². The van der Waals surface area contributed by atoms with Gasteiger partial charge in [0.15, 0.2) is 0 Å². The summed E-state index contributed by atoms with van der Waals surface area (Å²) < 4.78 is 10.2. The summed E-state index contributed by atoms with van der Waals surface area (Å²) in [4.78, 5) is 11.2. The maximum absolute atomic E-state index is 11.2. The van der Waals surface area contributed by atoms with E-state index in [1.165, 1.54) is 0 Å². The summed E-state index contributed by atoms with van der Waals surface area (Å²) >= 11 is 0. The summed E-state index contributed by atoms with van der Waals surface area (Å²) in [6.07, 6.45) is 7.24. The molecule has 0 amide bonds. The molecule has 4 nitrogen and oxygen atoms in total. The lowest BCUT2D eigenvalue weighted by atomic mass is 10.2. The lowest BCUT2D eigenvalue weighted by Crippen LogP contribution is -2.33. The monoisotopic (exact) mass is 197 g/mol. The number of carbonyl (C=O) groups excluding carboxylic acids is 1. The van der Waals surface area contributed by atoms with Crippen molar-refractivity contribution in [3.8, 4) is 12.3 Å². The number of ether oxygens (including phenoxy) is 2. The average Bonchev–Trinajstić information content (AvgIpc) is 2.67. The molecule has 2 atom stereocenters. The van der Waals surface area contributed by atoms with Gasteiger partial charge in [0.2, 0.25) is 0 Å². The Labute approximate surface area is 83.7 Å². The Hall–Kier alpha value is -1.05. The molecule has 0 aliphatic carbocycles. The Kier molecular flexibility index (Phi) is 4.44. The molecule has 1 saturated heterocycles. The molecule has 0 aromatic heterocycles. The summed E-state index contributed by atoms with van der Waals surface area (Å²) in [5.74, 6) is 1.87. The van der Waals surface area contributed by atoms with Crippen molar-refractivity contribution in [3.63, 3.8) is 0 Å². The minimum atomic E-state index is -0.707. The second-order valence-corrected chi connectivity index (χ2v) is 3.28. The van der Waals surface area contributed by atoms with E-state index in [0.717, 1.165) is 19.4 Å². The molecule has 0 bridgehead atoms. The van der Waals surface area contributed by atoms with E-state index in [0.29, 0.717) is 0 Å². The van der Waals surface area contributed by atoms with Crippen molar-refractivity contribution >= 4 is 5.97 Å². The van der Waals surface area contributed by atoms with E-state index >= 15 is 0 Å². The summed E-state index contributed by atoms with van der Waals surface area (Å²) in [6, 6.07) is -0.707. The average molecular weight is 197 g/mol. The third kappa shape index (κ3) is 3.36. The first-order chi connectivity index (χ1) is 6.74. The van der Waals surface area contributed by atoms with Gasteiger partial charge in [0.05, 0.1) is 6.10 Å². The van der Waals surface area contributed by atoms with Crippen LogP contribution in [-0.2, 0) is 14.3 Å². The molecule has 0 radical (unpaired) electrons. The van der Waals surface area contributed by atoms with E-state index in [1.807, 2.05) is 0 Å². The van der Waals surface area contributed by atoms with Gasteiger partial charge in [0.1, 0.15) is 12.6 Å². The largest absolute Gasteiger partial charge is 0.462 e. The van der Waals surface area contributed by atoms with E-state index in [-0.39, 0.29) is 19.1 Å². The highest BCUT2D eigenvalue weighted by molar-refractivity contribution is 5.75. The van der Waals surface area contributed by atoms with Crippen molar-refractivity contribution in [2.24, 2.45) is 5.73 Å². The fraction of sp³-hybridized carbons (Fsp3) is 0.700. The molecule has 4 heteroatoms. The van der Waals surface area contributed by atoms with E-state index < -0.39 is 12.0 Å². The molecule has 1 rings (SSSR count). The molecule has 1 fully saturated rings. The SMILES string of the molecule is C#CCC(N)C(=O)OCC1CCCO1. The first-order valence-corrected chi connectivity index (χ1v) is 4.71. The van der Waals surface area contributed by atoms with E-state index in [1.54, 1.807) is 0 Å². The number of nitrogens with two attached hydrogens (primary N) is 1. The Bertz CT molecular complexity index is 228. The number of hydrogen-bond acceptors (Lipinski definition) is 4. The van der Waals surface area contributed by atoms with Crippen LogP contribution in [0.3, 0.4) is 0 Å². The molecule has 0 saturated carbocycles. The molecular weight excluding hydrogens is 182 g/mol. The van der Waals surface area contributed by atoms with Gasteiger partial charge in [-0.1, -0.05) is 0 Å². The fourth-order valence-corrected chi connectivity index (χ4v) is 1.27. The molecule has 1 heterocycles. The Morgan fingerprint density at radius 3 is 3.14 bits per heavy atom. The number of rotatable bonds is 4. The minimum absolute atomic E-state index is 0.0389. The molecule has 78 valence electrons. The van der Waals surface area contributed by atoms with Crippen molar-refractivity contribution in [2.75, 3.05) is 13.2 Å². The van der Waals surface area contributed by atoms with Gasteiger partial charge in [-0.05, 0) is 12.8 Å². The van der Waals surface area contributed by atoms with Crippen molar-refractivity contribution in [1.82, 2.24) is 0 Å². The highest BCUT2D eigenvalue weighted by Crippen LogP contribution is 2.12. The summed E-state index contributed by atoms with van der Waals surface area (Å²) in [7, 11) is 0. The van der Waals surface area contributed by atoms with Gasteiger partial charge < -0.3 is 15.2 Å². The minimum Gasteiger partial charge on any atom is -0.462 e. The number of carbonyl (C=O) groups is 1. The highest BCUT2D eigenvalue weighted by Gasteiger charge is 2.19. The lowest BCUT2D eigenvalue weighted by molar-refractivity contribution is -0.148. The topological polar surface area (TPSA) is 61.6 Å². The fourth-order valence-electron chi connectivity index (χ4n) is 1.27. The van der Waals surface area contributed by atoms with Gasteiger partial charge in [-0.15, -0.1) is 12.3 Å². The Balaban J connectivity index is 2.17. The molecule has 0 aromatic rings. The number of esters is 1. The molecule has 14 heavy (non-hydrogen) atoms. The highest BCUT2D eigenvalue weighted by atomic mass is 16.6. The zero-order valence-electron chi connectivity index (χ0n) is 8.07. The zero-order chi connectivity index (χ0) is 10.4. The molecular formula is C10H15NO3. The first kappa shape index (κ1) is 11.0. The summed E-state index contributed by atoms with van der Waals surface area (Å²) in [6.45, 7) is 1.04. The van der Waals surface area contributed by atoms with E-state index in [2.05, 4.69) is 5.92 Å². The predicted molar refractivity (Wildman–Crippen MR) is 51.4 cm³/mol. The third-order valence-corrected chi connectivity index (χ3v) is 2.08. The third-order valence-electron chi connectivity index (χ3n) is 2.08. The van der Waals surface area contributed by atoms with Gasteiger partial charge in [-0.3, -0.25) is 4.79 Å². The van der Waals surface area contributed by atoms with Crippen molar-refractivity contribution in [3.05, 3.63) is 0 Å². The van der Waals surface area contributed by atoms with Crippen LogP contribution in [0.25, 0.3) is 0 Å². The number of terminal acetylenes is 1. The number of hydrogen-bond donors (Lipinski definition) is 1. The van der Waals surface area contributed by atoms with Crippen molar-refractivity contribution < 1.29 is 14.3 Å². The normalized spacial score (nSPS) is 22.7. The molecule has 2 N–H and O–H groups in total. The maximum atomic E-state index is 11.2. The quantitative estimate of drug-likeness (QED) is 0.511. The van der Waals surface area contributed by atoms with E-state index in [4.69, 9.17) is 21.6 Å². The van der Waals surface area contributed by atoms with Gasteiger partial charge in [-0.25, -0.2) is 0 Å². The predicted octanol–water partition coefficient (Wildman–Crippen LogP) is 0.0592. The van der Waals surface area contributed by atoms with Crippen LogP contribution in [0.5, 0.6) is 0 Å². The van der Waals surface area contributed by atoms with Crippen molar-refractivity contribution in [2.45, 2.75) is 31.4 Å². The van der Waals surface area contributed by atoms with Gasteiger partial charge >= 0.3 is 5.97 Å². The van der Waals surface area contributed by atoms with E-state index in [9.17, 15) is 4.79 Å². The molecule has 1 aliphatic heterocycles. The first-order valence-electron chi connectivity index (χ1n) is 4.71. The lowest BCUT2D eigenvalue weighted by Gasteiger charge is -2.12. The molecule has 0 aromatic carbocycles. The van der Waals surface area contributed by atoms with Gasteiger partial charge in [0.25, 0.3) is 0 Å². The van der Waals surface area contributed by atoms with Crippen LogP contribution >= 0.6 is 0 Å². The van der Waals surface area contributed by atoms with Crippen LogP contribution in [0.4, 0.5) is 0 Å². The van der Waals surface area contributed by atoms with Crippen LogP contribution in [-0.4, -0.2) is 31.3 Å². The Morgan fingerprint density at radius 1 is 1.79 bits per heavy atom. The summed E-state index contributed by atoms with van der Waals surface area (Å²) in [5, 5.41) is 0. The Morgan fingerprint density at radius 2 is 2.57 bits per heavy atom. The smallest absolute Gasteiger partial charge is 0.323 e. The maximum Gasteiger partial charge on any atom is 0.323 e. The summed E-state index contributed by atoms with van der Waals surface area (Å²) in [5.41, 5.74) is 5.45. The zero-order valence-corrected chi connectivity index (χ0v) is 8.07. The second-order valence-electron chi connectivity index (χ2n) is 3.28. The standard InChI is InChI=1S/C10H15NO3/c1-2-4-9(11)10(12)14-7-8-5-3-6-13-8/h1,8-9H,3-7,11H2. The molecule has 2 unspecified atom stereocenters. The van der Waals surface area contributed by atoms with Crippen LogP contribution < -0.4 is 5.73 Å². The van der Waals surface area contributed by atoms with Crippen LogP contribution in [0.2, 0.25) is 0 Å².